The number of carbonyl (C=O) groups is 1. The lowest BCUT2D eigenvalue weighted by Gasteiger charge is -2.18. The summed E-state index contributed by atoms with van der Waals surface area (Å²) in [7, 11) is -3.68. The lowest BCUT2D eigenvalue weighted by Crippen LogP contribution is -2.28. The van der Waals surface area contributed by atoms with Crippen LogP contribution in [-0.4, -0.2) is 14.3 Å². The number of anilines is 1. The lowest BCUT2D eigenvalue weighted by atomic mass is 10.0. The molecule has 1 amide bonds. The molecule has 0 aliphatic heterocycles. The van der Waals surface area contributed by atoms with Gasteiger partial charge in [-0.1, -0.05) is 55.5 Å². The van der Waals surface area contributed by atoms with Crippen LogP contribution in [0.4, 0.5) is 5.69 Å². The van der Waals surface area contributed by atoms with Crippen LogP contribution in [0, 0.1) is 6.92 Å². The molecule has 0 aliphatic carbocycles. The van der Waals surface area contributed by atoms with Crippen molar-refractivity contribution >= 4 is 21.6 Å². The highest BCUT2D eigenvalue weighted by Gasteiger charge is 2.17. The van der Waals surface area contributed by atoms with Crippen molar-refractivity contribution in [3.8, 4) is 0 Å². The second kappa shape index (κ2) is 8.92. The van der Waals surface area contributed by atoms with Gasteiger partial charge in [0.25, 0.3) is 15.9 Å². The van der Waals surface area contributed by atoms with Crippen LogP contribution in [0.15, 0.2) is 83.8 Å². The van der Waals surface area contributed by atoms with E-state index in [1.54, 1.807) is 43.3 Å². The fourth-order valence-corrected chi connectivity index (χ4v) is 4.22. The molecule has 3 aromatic carbocycles. The summed E-state index contributed by atoms with van der Waals surface area (Å²) in [5.41, 5.74) is 2.65. The molecule has 0 saturated carbocycles. The molecule has 6 heteroatoms. The fourth-order valence-electron chi connectivity index (χ4n) is 3.07. The van der Waals surface area contributed by atoms with Crippen LogP contribution in [-0.2, 0) is 10.0 Å². The van der Waals surface area contributed by atoms with E-state index in [1.165, 1.54) is 12.1 Å². The van der Waals surface area contributed by atoms with E-state index in [0.29, 0.717) is 16.8 Å². The molecule has 5 nitrogen and oxygen atoms in total. The van der Waals surface area contributed by atoms with Crippen LogP contribution in [0.5, 0.6) is 0 Å². The molecule has 0 heterocycles. The Kier molecular flexibility index (Phi) is 6.34. The van der Waals surface area contributed by atoms with Crippen LogP contribution in [0.25, 0.3) is 0 Å². The van der Waals surface area contributed by atoms with E-state index in [1.807, 2.05) is 37.3 Å². The Morgan fingerprint density at radius 1 is 0.931 bits per heavy atom. The first kappa shape index (κ1) is 20.6. The minimum absolute atomic E-state index is 0.0831. The highest BCUT2D eigenvalue weighted by molar-refractivity contribution is 7.92. The summed E-state index contributed by atoms with van der Waals surface area (Å²) >= 11 is 0. The fraction of sp³-hybridized carbons (Fsp3) is 0.174. The van der Waals surface area contributed by atoms with Gasteiger partial charge < -0.3 is 5.32 Å². The highest BCUT2D eigenvalue weighted by Crippen LogP contribution is 2.22. The van der Waals surface area contributed by atoms with E-state index >= 15 is 0 Å². The van der Waals surface area contributed by atoms with Crippen molar-refractivity contribution in [1.82, 2.24) is 5.32 Å². The molecule has 0 fully saturated rings. The van der Waals surface area contributed by atoms with Crippen molar-refractivity contribution in [1.29, 1.82) is 0 Å². The van der Waals surface area contributed by atoms with Crippen molar-refractivity contribution in [3.05, 3.63) is 95.6 Å². The molecule has 29 heavy (non-hydrogen) atoms. The van der Waals surface area contributed by atoms with Crippen LogP contribution < -0.4 is 10.0 Å². The van der Waals surface area contributed by atoms with E-state index in [-0.39, 0.29) is 16.8 Å². The predicted molar refractivity (Wildman–Crippen MR) is 115 cm³/mol. The number of rotatable bonds is 7. The zero-order valence-electron chi connectivity index (χ0n) is 16.4. The van der Waals surface area contributed by atoms with Gasteiger partial charge in [0.1, 0.15) is 0 Å². The zero-order valence-corrected chi connectivity index (χ0v) is 17.2. The molecular weight excluding hydrogens is 384 g/mol. The van der Waals surface area contributed by atoms with Gasteiger partial charge in [-0.3, -0.25) is 9.52 Å². The second-order valence-electron chi connectivity index (χ2n) is 6.79. The maximum absolute atomic E-state index is 12.7. The molecule has 0 bridgehead atoms. The first-order chi connectivity index (χ1) is 13.9. The van der Waals surface area contributed by atoms with Gasteiger partial charge in [-0.05, 0) is 54.8 Å². The average molecular weight is 409 g/mol. The normalized spacial score (nSPS) is 12.2. The van der Waals surface area contributed by atoms with Gasteiger partial charge in [0.15, 0.2) is 0 Å². The summed E-state index contributed by atoms with van der Waals surface area (Å²) in [6.07, 6.45) is 0.768. The number of sulfonamides is 1. The quantitative estimate of drug-likeness (QED) is 0.596. The van der Waals surface area contributed by atoms with Crippen molar-refractivity contribution in [2.24, 2.45) is 0 Å². The minimum atomic E-state index is -3.68. The first-order valence-corrected chi connectivity index (χ1v) is 10.9. The van der Waals surface area contributed by atoms with Gasteiger partial charge in [-0.25, -0.2) is 8.42 Å². The van der Waals surface area contributed by atoms with Gasteiger partial charge in [0.05, 0.1) is 16.6 Å². The number of hydrogen-bond acceptors (Lipinski definition) is 3. The summed E-state index contributed by atoms with van der Waals surface area (Å²) in [6, 6.07) is 22.8. The van der Waals surface area contributed by atoms with Gasteiger partial charge in [0.2, 0.25) is 0 Å². The Morgan fingerprint density at radius 2 is 1.55 bits per heavy atom. The van der Waals surface area contributed by atoms with Crippen LogP contribution in [0.2, 0.25) is 0 Å². The number of carbonyl (C=O) groups excluding carboxylic acids is 1. The lowest BCUT2D eigenvalue weighted by molar-refractivity contribution is 0.0935. The molecule has 0 saturated heterocycles. The van der Waals surface area contributed by atoms with E-state index in [2.05, 4.69) is 10.0 Å². The molecule has 0 aliphatic rings. The van der Waals surface area contributed by atoms with Crippen LogP contribution in [0.1, 0.15) is 40.9 Å². The molecule has 3 aromatic rings. The summed E-state index contributed by atoms with van der Waals surface area (Å²) < 4.78 is 27.6. The van der Waals surface area contributed by atoms with Crippen molar-refractivity contribution < 1.29 is 13.2 Å². The standard InChI is InChI=1S/C23H24N2O3S/c1-3-21(18-10-6-4-7-11-18)24-23(26)19-14-15-22(17(2)16-19)25-29(27,28)20-12-8-5-9-13-20/h4-16,21,25H,3H2,1-2H3,(H,24,26)/t21-/m1/s1. The van der Waals surface area contributed by atoms with Crippen molar-refractivity contribution in [2.45, 2.75) is 31.2 Å². The third-order valence-corrected chi connectivity index (χ3v) is 6.08. The van der Waals surface area contributed by atoms with Crippen molar-refractivity contribution in [2.75, 3.05) is 4.72 Å². The van der Waals surface area contributed by atoms with Crippen molar-refractivity contribution in [3.63, 3.8) is 0 Å². The van der Waals surface area contributed by atoms with Gasteiger partial charge >= 0.3 is 0 Å². The summed E-state index contributed by atoms with van der Waals surface area (Å²) in [5, 5.41) is 3.04. The monoisotopic (exact) mass is 408 g/mol. The largest absolute Gasteiger partial charge is 0.345 e. The number of amides is 1. The van der Waals surface area contributed by atoms with E-state index in [9.17, 15) is 13.2 Å². The Bertz CT molecular complexity index is 1080. The number of nitrogens with one attached hydrogen (secondary N) is 2. The summed E-state index contributed by atoms with van der Waals surface area (Å²) in [4.78, 5) is 12.9. The maximum Gasteiger partial charge on any atom is 0.261 e. The van der Waals surface area contributed by atoms with Crippen LogP contribution in [0.3, 0.4) is 0 Å². The van der Waals surface area contributed by atoms with Gasteiger partial charge in [-0.15, -0.1) is 0 Å². The van der Waals surface area contributed by atoms with Crippen LogP contribution >= 0.6 is 0 Å². The van der Waals surface area contributed by atoms with E-state index in [0.717, 1.165) is 12.0 Å². The third-order valence-electron chi connectivity index (χ3n) is 4.70. The molecule has 0 unspecified atom stereocenters. The third kappa shape index (κ3) is 5.03. The Morgan fingerprint density at radius 3 is 2.14 bits per heavy atom. The van der Waals surface area contributed by atoms with E-state index < -0.39 is 10.0 Å². The molecule has 2 N–H and O–H groups in total. The topological polar surface area (TPSA) is 75.3 Å². The first-order valence-electron chi connectivity index (χ1n) is 9.45. The number of aryl methyl sites for hydroxylation is 1. The molecule has 0 radical (unpaired) electrons. The Hall–Kier alpha value is -3.12. The predicted octanol–water partition coefficient (Wildman–Crippen LogP) is 4.68. The molecular formula is C23H24N2O3S. The highest BCUT2D eigenvalue weighted by atomic mass is 32.2. The Labute approximate surface area is 171 Å². The second-order valence-corrected chi connectivity index (χ2v) is 8.48. The van der Waals surface area contributed by atoms with Gasteiger partial charge in [0, 0.05) is 5.56 Å². The Balaban J connectivity index is 1.76. The number of hydrogen-bond donors (Lipinski definition) is 2. The number of benzene rings is 3. The maximum atomic E-state index is 12.7. The average Bonchev–Trinajstić information content (AvgIpc) is 2.74. The molecule has 0 aromatic heterocycles. The molecule has 3 rings (SSSR count). The molecule has 0 spiro atoms. The zero-order chi connectivity index (χ0) is 20.9. The summed E-state index contributed by atoms with van der Waals surface area (Å²) in [6.45, 7) is 3.79. The molecule has 150 valence electrons. The minimum Gasteiger partial charge on any atom is -0.345 e. The summed E-state index contributed by atoms with van der Waals surface area (Å²) in [5.74, 6) is -0.193. The smallest absolute Gasteiger partial charge is 0.261 e. The molecule has 1 atom stereocenters. The van der Waals surface area contributed by atoms with E-state index in [4.69, 9.17) is 0 Å². The van der Waals surface area contributed by atoms with Gasteiger partial charge in [-0.2, -0.15) is 0 Å². The SMILES string of the molecule is CC[C@@H](NC(=O)c1ccc(NS(=O)(=O)c2ccccc2)c(C)c1)c1ccccc1.